The summed E-state index contributed by atoms with van der Waals surface area (Å²) in [6.45, 7) is 1.92. The average molecular weight is 181 g/mol. The number of aromatic nitrogens is 1. The molecule has 0 saturated heterocycles. The Morgan fingerprint density at radius 1 is 1.62 bits per heavy atom. The molecule has 1 rings (SSSR count). The maximum absolute atomic E-state index is 11.1. The smallest absolute Gasteiger partial charge is 0.306 e. The number of hydrogen-bond acceptors (Lipinski definition) is 3. The molecule has 5 heteroatoms. The Labute approximate surface area is 76.0 Å². The van der Waals surface area contributed by atoms with Crippen molar-refractivity contribution in [1.82, 2.24) is 10.0 Å². The third-order valence-electron chi connectivity index (χ3n) is 1.47. The molecule has 0 bridgehead atoms. The van der Waals surface area contributed by atoms with E-state index in [-0.39, 0.29) is 6.54 Å². The number of nitrogens with zero attached hydrogens (tertiary/aromatic N) is 2. The number of nitrogens with one attached hydrogen (secondary N) is 1. The fourth-order valence-electron chi connectivity index (χ4n) is 0.767. The summed E-state index contributed by atoms with van der Waals surface area (Å²) in [6.07, 6.45) is 3.12. The first-order valence-corrected chi connectivity index (χ1v) is 3.91. The SMILES string of the molecule is CCN(O)C(=O)Nc1ccncc1. The maximum Gasteiger partial charge on any atom is 0.345 e. The third-order valence-corrected chi connectivity index (χ3v) is 1.47. The van der Waals surface area contributed by atoms with Crippen LogP contribution < -0.4 is 5.32 Å². The Morgan fingerprint density at radius 2 is 2.23 bits per heavy atom. The minimum absolute atomic E-state index is 0.247. The van der Waals surface area contributed by atoms with E-state index >= 15 is 0 Å². The first kappa shape index (κ1) is 9.47. The summed E-state index contributed by atoms with van der Waals surface area (Å²) < 4.78 is 0. The number of hydrogen-bond donors (Lipinski definition) is 2. The highest BCUT2D eigenvalue weighted by Crippen LogP contribution is 2.03. The number of hydroxylamine groups is 2. The van der Waals surface area contributed by atoms with Crippen molar-refractivity contribution in [3.05, 3.63) is 24.5 Å². The standard InChI is InChI=1S/C8H11N3O2/c1-2-11(13)8(12)10-7-3-5-9-6-4-7/h3-6,13H,2H2,1H3,(H,9,10,12). The maximum atomic E-state index is 11.1. The molecular weight excluding hydrogens is 170 g/mol. The van der Waals surface area contributed by atoms with E-state index in [9.17, 15) is 4.79 Å². The average Bonchev–Trinajstić information content (AvgIpc) is 2.18. The molecule has 0 aliphatic rings. The van der Waals surface area contributed by atoms with Crippen molar-refractivity contribution in [2.24, 2.45) is 0 Å². The summed E-state index contributed by atoms with van der Waals surface area (Å²) in [6, 6.07) is 2.73. The number of urea groups is 1. The number of anilines is 1. The number of rotatable bonds is 2. The molecule has 0 radical (unpaired) electrons. The fraction of sp³-hybridized carbons (Fsp3) is 0.250. The van der Waals surface area contributed by atoms with Gasteiger partial charge in [-0.25, -0.2) is 9.86 Å². The molecule has 0 aliphatic heterocycles. The lowest BCUT2D eigenvalue weighted by Gasteiger charge is -2.12. The van der Waals surface area contributed by atoms with Crippen molar-refractivity contribution in [2.45, 2.75) is 6.92 Å². The molecule has 5 nitrogen and oxygen atoms in total. The largest absolute Gasteiger partial charge is 0.345 e. The predicted molar refractivity (Wildman–Crippen MR) is 47.4 cm³/mol. The Hall–Kier alpha value is -1.62. The van der Waals surface area contributed by atoms with Crippen LogP contribution in [0.2, 0.25) is 0 Å². The van der Waals surface area contributed by atoms with Crippen LogP contribution >= 0.6 is 0 Å². The van der Waals surface area contributed by atoms with Gasteiger partial charge in [0, 0.05) is 24.6 Å². The van der Waals surface area contributed by atoms with Crippen LogP contribution in [0.15, 0.2) is 24.5 Å². The van der Waals surface area contributed by atoms with Gasteiger partial charge in [-0.15, -0.1) is 0 Å². The molecule has 70 valence electrons. The summed E-state index contributed by atoms with van der Waals surface area (Å²) in [4.78, 5) is 14.9. The topological polar surface area (TPSA) is 65.5 Å². The van der Waals surface area contributed by atoms with Crippen LogP contribution in [0.3, 0.4) is 0 Å². The molecule has 2 N–H and O–H groups in total. The molecule has 0 fully saturated rings. The van der Waals surface area contributed by atoms with Gasteiger partial charge in [-0.05, 0) is 19.1 Å². The quantitative estimate of drug-likeness (QED) is 0.534. The van der Waals surface area contributed by atoms with E-state index in [4.69, 9.17) is 5.21 Å². The molecule has 1 aromatic heterocycles. The van der Waals surface area contributed by atoms with Crippen LogP contribution in [0.5, 0.6) is 0 Å². The summed E-state index contributed by atoms with van der Waals surface area (Å²) in [5, 5.41) is 12.1. The van der Waals surface area contributed by atoms with Crippen molar-refractivity contribution in [1.29, 1.82) is 0 Å². The molecular formula is C8H11N3O2. The monoisotopic (exact) mass is 181 g/mol. The van der Waals surface area contributed by atoms with Crippen LogP contribution in [-0.2, 0) is 0 Å². The van der Waals surface area contributed by atoms with Gasteiger partial charge in [0.05, 0.1) is 0 Å². The Kier molecular flexibility index (Phi) is 3.22. The molecule has 1 aromatic rings. The molecule has 1 heterocycles. The molecule has 0 aliphatic carbocycles. The lowest BCUT2D eigenvalue weighted by Crippen LogP contribution is -2.31. The summed E-state index contributed by atoms with van der Waals surface area (Å²) >= 11 is 0. The fourth-order valence-corrected chi connectivity index (χ4v) is 0.767. The number of amides is 2. The first-order valence-electron chi connectivity index (χ1n) is 3.91. The van der Waals surface area contributed by atoms with Crippen LogP contribution in [0.25, 0.3) is 0 Å². The van der Waals surface area contributed by atoms with Gasteiger partial charge in [-0.1, -0.05) is 0 Å². The predicted octanol–water partition coefficient (Wildman–Crippen LogP) is 1.32. The molecule has 0 aromatic carbocycles. The minimum atomic E-state index is -0.548. The molecule has 2 amide bonds. The van der Waals surface area contributed by atoms with Gasteiger partial charge < -0.3 is 5.32 Å². The highest BCUT2D eigenvalue weighted by molar-refractivity contribution is 5.88. The van der Waals surface area contributed by atoms with Crippen molar-refractivity contribution >= 4 is 11.7 Å². The van der Waals surface area contributed by atoms with E-state index in [1.807, 2.05) is 0 Å². The minimum Gasteiger partial charge on any atom is -0.306 e. The second kappa shape index (κ2) is 4.42. The number of pyridine rings is 1. The highest BCUT2D eigenvalue weighted by Gasteiger charge is 2.07. The molecule has 0 saturated carbocycles. The molecule has 0 unspecified atom stereocenters. The Bertz CT molecular complexity index is 276. The third kappa shape index (κ3) is 2.72. The van der Waals surface area contributed by atoms with Crippen molar-refractivity contribution in [3.8, 4) is 0 Å². The second-order valence-electron chi connectivity index (χ2n) is 2.38. The van der Waals surface area contributed by atoms with Gasteiger partial charge in [0.2, 0.25) is 0 Å². The van der Waals surface area contributed by atoms with Crippen LogP contribution in [0, 0.1) is 0 Å². The van der Waals surface area contributed by atoms with Gasteiger partial charge in [-0.2, -0.15) is 0 Å². The Morgan fingerprint density at radius 3 is 2.77 bits per heavy atom. The zero-order valence-corrected chi connectivity index (χ0v) is 7.27. The summed E-state index contributed by atoms with van der Waals surface area (Å²) in [5.74, 6) is 0. The van der Waals surface area contributed by atoms with Crippen LogP contribution in [-0.4, -0.2) is 27.8 Å². The summed E-state index contributed by atoms with van der Waals surface area (Å²) in [7, 11) is 0. The van der Waals surface area contributed by atoms with E-state index in [2.05, 4.69) is 10.3 Å². The molecule has 0 atom stereocenters. The van der Waals surface area contributed by atoms with E-state index in [1.165, 1.54) is 0 Å². The zero-order chi connectivity index (χ0) is 9.68. The van der Waals surface area contributed by atoms with Crippen LogP contribution in [0.1, 0.15) is 6.92 Å². The Balaban J connectivity index is 2.55. The van der Waals surface area contributed by atoms with E-state index in [0.29, 0.717) is 10.8 Å². The van der Waals surface area contributed by atoms with E-state index < -0.39 is 6.03 Å². The lowest BCUT2D eigenvalue weighted by molar-refractivity contribution is -0.0324. The lowest BCUT2D eigenvalue weighted by atomic mass is 10.4. The normalized spacial score (nSPS) is 9.38. The highest BCUT2D eigenvalue weighted by atomic mass is 16.5. The van der Waals surface area contributed by atoms with Gasteiger partial charge >= 0.3 is 6.03 Å². The van der Waals surface area contributed by atoms with Gasteiger partial charge in [0.15, 0.2) is 0 Å². The van der Waals surface area contributed by atoms with E-state index in [1.54, 1.807) is 31.5 Å². The van der Waals surface area contributed by atoms with Gasteiger partial charge in [0.1, 0.15) is 0 Å². The van der Waals surface area contributed by atoms with Crippen molar-refractivity contribution < 1.29 is 10.0 Å². The van der Waals surface area contributed by atoms with Gasteiger partial charge in [-0.3, -0.25) is 10.2 Å². The molecule has 13 heavy (non-hydrogen) atoms. The van der Waals surface area contributed by atoms with Crippen molar-refractivity contribution in [2.75, 3.05) is 11.9 Å². The summed E-state index contributed by atoms with van der Waals surface area (Å²) in [5.41, 5.74) is 0.604. The number of carbonyl (C=O) groups is 1. The van der Waals surface area contributed by atoms with Crippen LogP contribution in [0.4, 0.5) is 10.5 Å². The zero-order valence-electron chi connectivity index (χ0n) is 7.27. The van der Waals surface area contributed by atoms with Crippen molar-refractivity contribution in [3.63, 3.8) is 0 Å². The van der Waals surface area contributed by atoms with Gasteiger partial charge in [0.25, 0.3) is 0 Å². The number of carbonyl (C=O) groups excluding carboxylic acids is 1. The molecule has 0 spiro atoms. The first-order chi connectivity index (χ1) is 6.24. The van der Waals surface area contributed by atoms with E-state index in [0.717, 1.165) is 0 Å². The second-order valence-corrected chi connectivity index (χ2v) is 2.38.